The molecule has 0 aliphatic carbocycles. The summed E-state index contributed by atoms with van der Waals surface area (Å²) in [6.07, 6.45) is 2.74. The van der Waals surface area contributed by atoms with E-state index in [0.29, 0.717) is 0 Å². The monoisotopic (exact) mass is 266 g/mol. The van der Waals surface area contributed by atoms with Gasteiger partial charge in [-0.05, 0) is 30.4 Å². The Hall–Kier alpha value is -2.09. The van der Waals surface area contributed by atoms with Gasteiger partial charge in [-0.3, -0.25) is 4.79 Å². The maximum absolute atomic E-state index is 11.6. The molecule has 1 aliphatic rings. The van der Waals surface area contributed by atoms with Crippen LogP contribution in [0.2, 0.25) is 0 Å². The van der Waals surface area contributed by atoms with Crippen LogP contribution in [0.4, 0.5) is 0 Å². The lowest BCUT2D eigenvalue weighted by atomic mass is 9.86. The van der Waals surface area contributed by atoms with Crippen LogP contribution < -0.4 is 0 Å². The molecule has 1 saturated heterocycles. The Labute approximate surface area is 119 Å². The number of carbonyl (C=O) groups excluding carboxylic acids is 1. The van der Waals surface area contributed by atoms with Crippen LogP contribution in [0.3, 0.4) is 0 Å². The highest BCUT2D eigenvalue weighted by Gasteiger charge is 2.41. The summed E-state index contributed by atoms with van der Waals surface area (Å²) in [5, 5.41) is 0. The van der Waals surface area contributed by atoms with Gasteiger partial charge in [-0.25, -0.2) is 0 Å². The maximum atomic E-state index is 11.6. The van der Waals surface area contributed by atoms with E-state index in [9.17, 15) is 4.79 Å². The summed E-state index contributed by atoms with van der Waals surface area (Å²) in [5.74, 6) is -0.0203. The normalized spacial score (nSPS) is 21.1. The molecule has 0 aromatic heterocycles. The van der Waals surface area contributed by atoms with Gasteiger partial charge >= 0.3 is 5.97 Å². The van der Waals surface area contributed by atoms with Gasteiger partial charge in [-0.2, -0.15) is 0 Å². The van der Waals surface area contributed by atoms with Crippen molar-refractivity contribution in [2.24, 2.45) is 5.92 Å². The fraction of sp³-hybridized carbons (Fsp3) is 0.278. The average molecular weight is 266 g/mol. The minimum atomic E-state index is -0.0492. The first-order chi connectivity index (χ1) is 9.83. The SMILES string of the molecule is O=C1O[C@@H](CCc2ccccc2)[C@H]1Cc1ccccc1. The lowest BCUT2D eigenvalue weighted by Gasteiger charge is -2.35. The smallest absolute Gasteiger partial charge is 0.313 e. The van der Waals surface area contributed by atoms with E-state index in [1.165, 1.54) is 11.1 Å². The number of hydrogen-bond donors (Lipinski definition) is 0. The largest absolute Gasteiger partial charge is 0.461 e. The molecule has 2 aromatic rings. The molecule has 1 fully saturated rings. The first-order valence-corrected chi connectivity index (χ1v) is 7.11. The quantitative estimate of drug-likeness (QED) is 0.775. The zero-order chi connectivity index (χ0) is 13.8. The highest BCUT2D eigenvalue weighted by molar-refractivity contribution is 5.78. The number of rotatable bonds is 5. The van der Waals surface area contributed by atoms with Crippen molar-refractivity contribution in [3.05, 3.63) is 71.8 Å². The summed E-state index contributed by atoms with van der Waals surface area (Å²) in [6, 6.07) is 20.5. The summed E-state index contributed by atoms with van der Waals surface area (Å²) in [7, 11) is 0. The standard InChI is InChI=1S/C18H18O2/c19-18-16(13-15-9-5-2-6-10-15)17(20-18)12-11-14-7-3-1-4-8-14/h1-10,16-17H,11-13H2/t16-,17+/m1/s1. The summed E-state index contributed by atoms with van der Waals surface area (Å²) in [6.45, 7) is 0. The molecule has 0 radical (unpaired) electrons. The Morgan fingerprint density at radius 3 is 2.05 bits per heavy atom. The highest BCUT2D eigenvalue weighted by atomic mass is 16.6. The molecule has 2 atom stereocenters. The third-order valence-electron chi connectivity index (χ3n) is 3.88. The van der Waals surface area contributed by atoms with Crippen molar-refractivity contribution < 1.29 is 9.53 Å². The number of benzene rings is 2. The van der Waals surface area contributed by atoms with Crippen molar-refractivity contribution in [1.29, 1.82) is 0 Å². The molecule has 2 nitrogen and oxygen atoms in total. The fourth-order valence-electron chi connectivity index (χ4n) is 2.69. The number of cyclic esters (lactones) is 1. The zero-order valence-electron chi connectivity index (χ0n) is 11.4. The molecule has 0 amide bonds. The predicted molar refractivity (Wildman–Crippen MR) is 78.3 cm³/mol. The Morgan fingerprint density at radius 2 is 1.45 bits per heavy atom. The van der Waals surface area contributed by atoms with Crippen LogP contribution in [0, 0.1) is 5.92 Å². The molecular formula is C18H18O2. The van der Waals surface area contributed by atoms with Gasteiger partial charge in [0, 0.05) is 0 Å². The van der Waals surface area contributed by atoms with Gasteiger partial charge in [-0.15, -0.1) is 0 Å². The summed E-state index contributed by atoms with van der Waals surface area (Å²) in [4.78, 5) is 11.6. The fourth-order valence-corrected chi connectivity index (χ4v) is 2.69. The average Bonchev–Trinajstić information content (AvgIpc) is 2.51. The van der Waals surface area contributed by atoms with Crippen LogP contribution in [0.25, 0.3) is 0 Å². The summed E-state index contributed by atoms with van der Waals surface area (Å²) < 4.78 is 5.31. The second-order valence-electron chi connectivity index (χ2n) is 5.30. The Morgan fingerprint density at radius 1 is 0.850 bits per heavy atom. The van der Waals surface area contributed by atoms with E-state index in [0.717, 1.165) is 19.3 Å². The lowest BCUT2D eigenvalue weighted by Crippen LogP contribution is -2.46. The van der Waals surface area contributed by atoms with Gasteiger partial charge in [0.1, 0.15) is 6.10 Å². The molecule has 3 rings (SSSR count). The van der Waals surface area contributed by atoms with Crippen molar-refractivity contribution in [2.45, 2.75) is 25.4 Å². The van der Waals surface area contributed by atoms with E-state index in [4.69, 9.17) is 4.74 Å². The zero-order valence-corrected chi connectivity index (χ0v) is 11.4. The Balaban J connectivity index is 1.56. The van der Waals surface area contributed by atoms with Crippen LogP contribution in [0.15, 0.2) is 60.7 Å². The number of carbonyl (C=O) groups is 1. The number of hydrogen-bond acceptors (Lipinski definition) is 2. The van der Waals surface area contributed by atoms with Crippen LogP contribution >= 0.6 is 0 Å². The summed E-state index contributed by atoms with van der Waals surface area (Å²) in [5.41, 5.74) is 2.51. The summed E-state index contributed by atoms with van der Waals surface area (Å²) >= 11 is 0. The third-order valence-corrected chi connectivity index (χ3v) is 3.88. The highest BCUT2D eigenvalue weighted by Crippen LogP contribution is 2.29. The van der Waals surface area contributed by atoms with Crippen LogP contribution in [-0.2, 0) is 22.4 Å². The minimum absolute atomic E-state index is 0.0288. The van der Waals surface area contributed by atoms with E-state index >= 15 is 0 Å². The van der Waals surface area contributed by atoms with E-state index in [2.05, 4.69) is 24.3 Å². The van der Waals surface area contributed by atoms with Gasteiger partial charge in [0.15, 0.2) is 0 Å². The molecule has 0 unspecified atom stereocenters. The van der Waals surface area contributed by atoms with Gasteiger partial charge in [0.05, 0.1) is 5.92 Å². The molecule has 102 valence electrons. The van der Waals surface area contributed by atoms with Gasteiger partial charge in [-0.1, -0.05) is 60.7 Å². The van der Waals surface area contributed by atoms with Crippen molar-refractivity contribution in [1.82, 2.24) is 0 Å². The Bertz CT molecular complexity index is 562. The van der Waals surface area contributed by atoms with Gasteiger partial charge < -0.3 is 4.74 Å². The topological polar surface area (TPSA) is 26.3 Å². The molecule has 0 bridgehead atoms. The van der Waals surface area contributed by atoms with Gasteiger partial charge in [0.2, 0.25) is 0 Å². The van der Waals surface area contributed by atoms with E-state index in [1.807, 2.05) is 36.4 Å². The molecule has 0 spiro atoms. The second kappa shape index (κ2) is 5.91. The number of esters is 1. The number of aryl methyl sites for hydroxylation is 1. The van der Waals surface area contributed by atoms with E-state index in [-0.39, 0.29) is 18.0 Å². The van der Waals surface area contributed by atoms with Crippen molar-refractivity contribution in [3.63, 3.8) is 0 Å². The van der Waals surface area contributed by atoms with Crippen molar-refractivity contribution in [2.75, 3.05) is 0 Å². The molecule has 0 saturated carbocycles. The molecule has 1 heterocycles. The van der Waals surface area contributed by atoms with Crippen LogP contribution in [0.5, 0.6) is 0 Å². The number of ether oxygens (including phenoxy) is 1. The van der Waals surface area contributed by atoms with Crippen LogP contribution in [-0.4, -0.2) is 12.1 Å². The first-order valence-electron chi connectivity index (χ1n) is 7.11. The first kappa shape index (κ1) is 12.9. The molecule has 1 aliphatic heterocycles. The van der Waals surface area contributed by atoms with Crippen LogP contribution in [0.1, 0.15) is 17.5 Å². The molecule has 2 heteroatoms. The lowest BCUT2D eigenvalue weighted by molar-refractivity contribution is -0.184. The Kier molecular flexibility index (Phi) is 3.82. The van der Waals surface area contributed by atoms with Crippen molar-refractivity contribution >= 4 is 5.97 Å². The van der Waals surface area contributed by atoms with E-state index < -0.39 is 0 Å². The van der Waals surface area contributed by atoms with E-state index in [1.54, 1.807) is 0 Å². The molecule has 2 aromatic carbocycles. The minimum Gasteiger partial charge on any atom is -0.461 e. The molecule has 0 N–H and O–H groups in total. The second-order valence-corrected chi connectivity index (χ2v) is 5.30. The maximum Gasteiger partial charge on any atom is 0.313 e. The third kappa shape index (κ3) is 2.90. The molecular weight excluding hydrogens is 248 g/mol. The predicted octanol–water partition coefficient (Wildman–Crippen LogP) is 3.40. The van der Waals surface area contributed by atoms with Crippen molar-refractivity contribution in [3.8, 4) is 0 Å². The molecule has 20 heavy (non-hydrogen) atoms. The van der Waals surface area contributed by atoms with Gasteiger partial charge in [0.25, 0.3) is 0 Å².